The monoisotopic (exact) mass is 547 g/mol. The number of fused-ring (bicyclic) bond motifs is 1. The lowest BCUT2D eigenvalue weighted by Crippen LogP contribution is -2.37. The van der Waals surface area contributed by atoms with Crippen LogP contribution in [0, 0.1) is 11.6 Å². The van der Waals surface area contributed by atoms with E-state index < -0.39 is 11.6 Å². The van der Waals surface area contributed by atoms with Gasteiger partial charge in [0.1, 0.15) is 34.7 Å². The average molecular weight is 548 g/mol. The van der Waals surface area contributed by atoms with E-state index in [4.69, 9.17) is 22.1 Å². The highest BCUT2D eigenvalue weighted by atomic mass is 35.5. The van der Waals surface area contributed by atoms with Crippen LogP contribution in [0.15, 0.2) is 67.1 Å². The van der Waals surface area contributed by atoms with Gasteiger partial charge in [-0.3, -0.25) is 9.47 Å². The summed E-state index contributed by atoms with van der Waals surface area (Å²) in [5.41, 5.74) is 8.46. The smallest absolute Gasteiger partial charge is 0.168 e. The van der Waals surface area contributed by atoms with Crippen molar-refractivity contribution in [2.75, 3.05) is 18.8 Å². The van der Waals surface area contributed by atoms with Crippen molar-refractivity contribution in [2.45, 2.75) is 25.5 Å². The molecule has 6 rings (SSSR count). The Labute approximate surface area is 228 Å². The number of piperidine rings is 1. The van der Waals surface area contributed by atoms with Crippen molar-refractivity contribution in [2.24, 2.45) is 0 Å². The minimum atomic E-state index is -0.823. The van der Waals surface area contributed by atoms with Gasteiger partial charge < -0.3 is 10.5 Å². The zero-order chi connectivity index (χ0) is 26.9. The summed E-state index contributed by atoms with van der Waals surface area (Å²) in [7, 11) is 0. The van der Waals surface area contributed by atoms with Gasteiger partial charge in [0.05, 0.1) is 11.2 Å². The van der Waals surface area contributed by atoms with Crippen LogP contribution >= 0.6 is 11.6 Å². The largest absolute Gasteiger partial charge is 0.490 e. The van der Waals surface area contributed by atoms with E-state index in [-0.39, 0.29) is 17.6 Å². The van der Waals surface area contributed by atoms with Gasteiger partial charge in [-0.15, -0.1) is 0 Å². The number of hydrogen-bond acceptors (Lipinski definition) is 7. The number of nitrogens with two attached hydrogens (primary N) is 1. The van der Waals surface area contributed by atoms with Gasteiger partial charge in [0.2, 0.25) is 0 Å². The Hall–Kier alpha value is -4.15. The molecule has 0 radical (unpaired) electrons. The molecule has 0 unspecified atom stereocenters. The molecule has 39 heavy (non-hydrogen) atoms. The molecule has 0 bridgehead atoms. The first-order chi connectivity index (χ1) is 18.9. The molecule has 0 atom stereocenters. The highest BCUT2D eigenvalue weighted by Gasteiger charge is 2.22. The van der Waals surface area contributed by atoms with Crippen molar-refractivity contribution in [1.29, 1.82) is 0 Å². The lowest BCUT2D eigenvalue weighted by molar-refractivity contribution is 0.0968. The Bertz CT molecular complexity index is 1640. The number of halogens is 3. The molecule has 1 saturated heterocycles. The number of likely N-dealkylation sites (tertiary alicyclic amines) is 1. The predicted octanol–water partition coefficient (Wildman–Crippen LogP) is 5.43. The standard InChI is InChI=1S/C28H24ClF2N7O/c29-18-12-24-27(35-14-18)38(28(36-24)26-23(31)13-19(30)15-34-26)20-1-3-21(4-2-20)39-22-6-9-37(10-7-22)16-17-5-8-33-25(32)11-17/h1-5,8,11-15,22H,6-7,9-10,16H2,(H2,32,33). The zero-order valence-electron chi connectivity index (χ0n) is 20.8. The molecular weight excluding hydrogens is 524 g/mol. The lowest BCUT2D eigenvalue weighted by atomic mass is 10.1. The fourth-order valence-corrected chi connectivity index (χ4v) is 4.98. The summed E-state index contributed by atoms with van der Waals surface area (Å²) in [6.45, 7) is 2.66. The topological polar surface area (TPSA) is 95.0 Å². The van der Waals surface area contributed by atoms with Crippen molar-refractivity contribution >= 4 is 28.6 Å². The van der Waals surface area contributed by atoms with Crippen molar-refractivity contribution in [3.05, 3.63) is 89.3 Å². The predicted molar refractivity (Wildman–Crippen MR) is 145 cm³/mol. The number of rotatable bonds is 6. The fraction of sp³-hybridized carbons (Fsp3) is 0.214. The number of ether oxygens (including phenoxy) is 1. The zero-order valence-corrected chi connectivity index (χ0v) is 21.5. The Morgan fingerprint density at radius 2 is 1.77 bits per heavy atom. The highest BCUT2D eigenvalue weighted by molar-refractivity contribution is 6.31. The van der Waals surface area contributed by atoms with E-state index in [1.54, 1.807) is 16.8 Å². The van der Waals surface area contributed by atoms with Gasteiger partial charge in [-0.05, 0) is 60.9 Å². The Kier molecular flexibility index (Phi) is 6.80. The number of aromatic nitrogens is 5. The van der Waals surface area contributed by atoms with Crippen LogP contribution in [0.5, 0.6) is 5.75 Å². The molecule has 198 valence electrons. The molecule has 8 nitrogen and oxygen atoms in total. The van der Waals surface area contributed by atoms with Gasteiger partial charge in [0, 0.05) is 43.8 Å². The van der Waals surface area contributed by atoms with Crippen LogP contribution in [0.3, 0.4) is 0 Å². The first-order valence-electron chi connectivity index (χ1n) is 12.5. The van der Waals surface area contributed by atoms with Crippen molar-refractivity contribution in [3.63, 3.8) is 0 Å². The van der Waals surface area contributed by atoms with Gasteiger partial charge in [0.25, 0.3) is 0 Å². The van der Waals surface area contributed by atoms with Crippen molar-refractivity contribution < 1.29 is 13.5 Å². The van der Waals surface area contributed by atoms with E-state index >= 15 is 0 Å². The molecule has 2 N–H and O–H groups in total. The van der Waals surface area contributed by atoms with E-state index in [0.29, 0.717) is 27.7 Å². The summed E-state index contributed by atoms with van der Waals surface area (Å²) in [5.74, 6) is -0.143. The highest BCUT2D eigenvalue weighted by Crippen LogP contribution is 2.30. The second-order valence-electron chi connectivity index (χ2n) is 9.43. The molecule has 1 aliphatic rings. The Morgan fingerprint density at radius 1 is 0.974 bits per heavy atom. The molecule has 0 saturated carbocycles. The second kappa shape index (κ2) is 10.5. The molecule has 11 heteroatoms. The summed E-state index contributed by atoms with van der Waals surface area (Å²) < 4.78 is 36.2. The Morgan fingerprint density at radius 3 is 2.51 bits per heavy atom. The molecule has 0 aliphatic carbocycles. The number of pyridine rings is 3. The quantitative estimate of drug-likeness (QED) is 0.303. The van der Waals surface area contributed by atoms with Gasteiger partial charge in [-0.1, -0.05) is 11.6 Å². The van der Waals surface area contributed by atoms with Crippen LogP contribution in [-0.2, 0) is 6.54 Å². The second-order valence-corrected chi connectivity index (χ2v) is 9.86. The third kappa shape index (κ3) is 5.39. The van der Waals surface area contributed by atoms with E-state index in [9.17, 15) is 8.78 Å². The number of benzene rings is 1. The van der Waals surface area contributed by atoms with Gasteiger partial charge >= 0.3 is 0 Å². The van der Waals surface area contributed by atoms with Crippen LogP contribution in [0.2, 0.25) is 5.02 Å². The molecule has 0 spiro atoms. The van der Waals surface area contributed by atoms with Crippen LogP contribution < -0.4 is 10.5 Å². The molecule has 5 heterocycles. The number of hydrogen-bond donors (Lipinski definition) is 1. The summed E-state index contributed by atoms with van der Waals surface area (Å²) in [6, 6.07) is 13.7. The van der Waals surface area contributed by atoms with Gasteiger partial charge in [0.15, 0.2) is 17.3 Å². The van der Waals surface area contributed by atoms with Crippen LogP contribution in [0.1, 0.15) is 18.4 Å². The summed E-state index contributed by atoms with van der Waals surface area (Å²) >= 11 is 6.12. The number of nitrogens with zero attached hydrogens (tertiary/aromatic N) is 6. The minimum absolute atomic E-state index is 0.0907. The molecule has 1 fully saturated rings. The van der Waals surface area contributed by atoms with Crippen LogP contribution in [0.25, 0.3) is 28.4 Å². The molecule has 1 aromatic carbocycles. The maximum absolute atomic E-state index is 14.7. The Balaban J connectivity index is 1.20. The van der Waals surface area contributed by atoms with Gasteiger partial charge in [-0.25, -0.2) is 28.7 Å². The summed E-state index contributed by atoms with van der Waals surface area (Å²) in [4.78, 5) is 19.3. The molecule has 5 aromatic rings. The third-order valence-corrected chi connectivity index (χ3v) is 6.87. The van der Waals surface area contributed by atoms with Crippen LogP contribution in [-0.4, -0.2) is 48.6 Å². The molecule has 0 amide bonds. The van der Waals surface area contributed by atoms with E-state index in [1.165, 1.54) is 6.20 Å². The lowest BCUT2D eigenvalue weighted by Gasteiger charge is -2.32. The van der Waals surface area contributed by atoms with Gasteiger partial charge in [-0.2, -0.15) is 0 Å². The van der Waals surface area contributed by atoms with E-state index in [2.05, 4.69) is 24.8 Å². The van der Waals surface area contributed by atoms with Crippen LogP contribution in [0.4, 0.5) is 14.6 Å². The number of anilines is 1. The molecule has 4 aromatic heterocycles. The third-order valence-electron chi connectivity index (χ3n) is 6.67. The van der Waals surface area contributed by atoms with E-state index in [0.717, 1.165) is 56.1 Å². The number of imidazole rings is 1. The summed E-state index contributed by atoms with van der Waals surface area (Å²) in [5, 5.41) is 0.394. The first-order valence-corrected chi connectivity index (χ1v) is 12.9. The first kappa shape index (κ1) is 25.1. The maximum atomic E-state index is 14.7. The maximum Gasteiger partial charge on any atom is 0.168 e. The summed E-state index contributed by atoms with van der Waals surface area (Å²) in [6.07, 6.45) is 6.08. The minimum Gasteiger partial charge on any atom is -0.490 e. The number of nitrogen functional groups attached to an aromatic ring is 1. The normalized spacial score (nSPS) is 14.6. The molecule has 1 aliphatic heterocycles. The SMILES string of the molecule is Nc1cc(CN2CCC(Oc3ccc(-n4c(-c5ncc(F)cc5F)nc5cc(Cl)cnc54)cc3)CC2)ccn1. The average Bonchev–Trinajstić information content (AvgIpc) is 3.28. The fourth-order valence-electron chi connectivity index (χ4n) is 4.83. The van der Waals surface area contributed by atoms with E-state index in [1.807, 2.05) is 36.4 Å². The molecular formula is C28H24ClF2N7O. The van der Waals surface area contributed by atoms with Crippen molar-refractivity contribution in [3.8, 4) is 23.0 Å². The van der Waals surface area contributed by atoms with Crippen molar-refractivity contribution in [1.82, 2.24) is 29.4 Å².